The van der Waals surface area contributed by atoms with Gasteiger partial charge in [-0.05, 0) is 12.1 Å². The van der Waals surface area contributed by atoms with Gasteiger partial charge in [-0.2, -0.15) is 5.26 Å². The Morgan fingerprint density at radius 2 is 2.21 bits per heavy atom. The van der Waals surface area contributed by atoms with E-state index in [0.717, 1.165) is 6.07 Å². The molecule has 0 saturated carbocycles. The standard InChI is InChI=1S/C10H6N2O2/c11-6-7-8-3-1-2-4-12(8)10(14)5-9(7)13/h1-5,13H. The molecule has 0 aliphatic heterocycles. The number of pyridine rings is 2. The second-order valence-electron chi connectivity index (χ2n) is 2.81. The van der Waals surface area contributed by atoms with Crippen LogP contribution in [0.1, 0.15) is 5.56 Å². The van der Waals surface area contributed by atoms with Crippen molar-refractivity contribution in [2.24, 2.45) is 0 Å². The molecule has 0 bridgehead atoms. The monoisotopic (exact) mass is 186 g/mol. The van der Waals surface area contributed by atoms with E-state index in [1.807, 2.05) is 6.07 Å². The fourth-order valence-corrected chi connectivity index (χ4v) is 1.34. The Kier molecular flexibility index (Phi) is 1.72. The zero-order valence-electron chi connectivity index (χ0n) is 7.14. The second-order valence-corrected chi connectivity index (χ2v) is 2.81. The maximum atomic E-state index is 11.4. The second kappa shape index (κ2) is 2.89. The number of fused-ring (bicyclic) bond motifs is 1. The van der Waals surface area contributed by atoms with Crippen molar-refractivity contribution in [3.8, 4) is 11.8 Å². The molecule has 0 spiro atoms. The smallest absolute Gasteiger partial charge is 0.258 e. The summed E-state index contributed by atoms with van der Waals surface area (Å²) in [5.74, 6) is -0.274. The average molecular weight is 186 g/mol. The minimum absolute atomic E-state index is 0.116. The fourth-order valence-electron chi connectivity index (χ4n) is 1.34. The summed E-state index contributed by atoms with van der Waals surface area (Å²) in [6.45, 7) is 0. The molecule has 14 heavy (non-hydrogen) atoms. The Morgan fingerprint density at radius 3 is 2.93 bits per heavy atom. The molecule has 0 saturated heterocycles. The summed E-state index contributed by atoms with van der Waals surface area (Å²) < 4.78 is 1.32. The summed E-state index contributed by atoms with van der Waals surface area (Å²) in [7, 11) is 0. The number of nitrogens with zero attached hydrogens (tertiary/aromatic N) is 2. The van der Waals surface area contributed by atoms with E-state index >= 15 is 0 Å². The normalized spacial score (nSPS) is 9.93. The lowest BCUT2D eigenvalue weighted by Gasteiger charge is -2.02. The largest absolute Gasteiger partial charge is 0.506 e. The number of hydrogen-bond acceptors (Lipinski definition) is 3. The number of rotatable bonds is 0. The summed E-state index contributed by atoms with van der Waals surface area (Å²) in [6.07, 6.45) is 1.55. The van der Waals surface area contributed by atoms with Gasteiger partial charge in [0.05, 0.1) is 5.52 Å². The topological polar surface area (TPSA) is 65.5 Å². The highest BCUT2D eigenvalue weighted by Crippen LogP contribution is 2.17. The molecular weight excluding hydrogens is 180 g/mol. The molecule has 0 amide bonds. The molecular formula is C10H6N2O2. The van der Waals surface area contributed by atoms with Crippen LogP contribution in [0.4, 0.5) is 0 Å². The van der Waals surface area contributed by atoms with Gasteiger partial charge in [-0.1, -0.05) is 6.07 Å². The first kappa shape index (κ1) is 8.32. The van der Waals surface area contributed by atoms with Crippen molar-refractivity contribution in [3.05, 3.63) is 46.4 Å². The van der Waals surface area contributed by atoms with Crippen LogP contribution in [0.15, 0.2) is 35.3 Å². The quantitative estimate of drug-likeness (QED) is 0.664. The van der Waals surface area contributed by atoms with E-state index in [1.165, 1.54) is 4.40 Å². The first-order valence-corrected chi connectivity index (χ1v) is 3.97. The number of hydrogen-bond donors (Lipinski definition) is 1. The zero-order valence-corrected chi connectivity index (χ0v) is 7.14. The molecule has 0 fully saturated rings. The van der Waals surface area contributed by atoms with Gasteiger partial charge in [-0.3, -0.25) is 9.20 Å². The van der Waals surface area contributed by atoms with Crippen molar-refractivity contribution in [2.75, 3.05) is 0 Å². The summed E-state index contributed by atoms with van der Waals surface area (Å²) in [5, 5.41) is 18.1. The summed E-state index contributed by atoms with van der Waals surface area (Å²) in [4.78, 5) is 11.4. The number of aromatic hydroxyl groups is 1. The number of nitriles is 1. The van der Waals surface area contributed by atoms with Gasteiger partial charge in [0.15, 0.2) is 0 Å². The van der Waals surface area contributed by atoms with Gasteiger partial charge in [0.1, 0.15) is 17.4 Å². The third kappa shape index (κ3) is 1.04. The molecule has 68 valence electrons. The van der Waals surface area contributed by atoms with Crippen molar-refractivity contribution in [3.63, 3.8) is 0 Å². The third-order valence-electron chi connectivity index (χ3n) is 1.98. The van der Waals surface area contributed by atoms with E-state index in [9.17, 15) is 9.90 Å². The maximum absolute atomic E-state index is 11.4. The molecule has 0 atom stereocenters. The van der Waals surface area contributed by atoms with Crippen LogP contribution < -0.4 is 5.56 Å². The predicted molar refractivity (Wildman–Crippen MR) is 50.0 cm³/mol. The Balaban J connectivity index is 3.08. The van der Waals surface area contributed by atoms with Gasteiger partial charge in [0.25, 0.3) is 5.56 Å². The lowest BCUT2D eigenvalue weighted by atomic mass is 10.2. The summed E-state index contributed by atoms with van der Waals surface area (Å²) in [6, 6.07) is 7.89. The molecule has 2 heterocycles. The van der Waals surface area contributed by atoms with E-state index in [-0.39, 0.29) is 16.9 Å². The minimum atomic E-state index is -0.350. The molecule has 1 N–H and O–H groups in total. The fraction of sp³-hybridized carbons (Fsp3) is 0. The predicted octanol–water partition coefficient (Wildman–Crippen LogP) is 0.877. The van der Waals surface area contributed by atoms with Crippen LogP contribution in [-0.4, -0.2) is 9.51 Å². The zero-order chi connectivity index (χ0) is 10.1. The van der Waals surface area contributed by atoms with Crippen LogP contribution in [0, 0.1) is 11.3 Å². The first-order chi connectivity index (χ1) is 6.74. The molecule has 2 aromatic heterocycles. The van der Waals surface area contributed by atoms with Gasteiger partial charge < -0.3 is 5.11 Å². The van der Waals surface area contributed by atoms with Gasteiger partial charge >= 0.3 is 0 Å². The van der Waals surface area contributed by atoms with Gasteiger partial charge in [-0.25, -0.2) is 0 Å². The van der Waals surface area contributed by atoms with Crippen molar-refractivity contribution in [1.82, 2.24) is 4.40 Å². The molecule has 0 aliphatic rings. The molecule has 0 aromatic carbocycles. The molecule has 0 unspecified atom stereocenters. The Bertz CT molecular complexity index is 593. The van der Waals surface area contributed by atoms with Crippen LogP contribution in [0.2, 0.25) is 0 Å². The molecule has 4 nitrogen and oxygen atoms in total. The van der Waals surface area contributed by atoms with E-state index in [4.69, 9.17) is 5.26 Å². The lowest BCUT2D eigenvalue weighted by Crippen LogP contribution is -2.12. The lowest BCUT2D eigenvalue weighted by molar-refractivity contribution is 0.472. The molecule has 0 radical (unpaired) electrons. The average Bonchev–Trinajstić information content (AvgIpc) is 2.18. The Labute approximate surface area is 79.3 Å². The molecule has 2 rings (SSSR count). The van der Waals surface area contributed by atoms with Crippen LogP contribution >= 0.6 is 0 Å². The van der Waals surface area contributed by atoms with E-state index < -0.39 is 0 Å². The highest BCUT2D eigenvalue weighted by molar-refractivity contribution is 5.65. The summed E-state index contributed by atoms with van der Waals surface area (Å²) in [5.41, 5.74) is 0.183. The van der Waals surface area contributed by atoms with Crippen LogP contribution in [-0.2, 0) is 0 Å². The van der Waals surface area contributed by atoms with Gasteiger partial charge in [-0.15, -0.1) is 0 Å². The van der Waals surface area contributed by atoms with E-state index in [0.29, 0.717) is 5.52 Å². The van der Waals surface area contributed by atoms with Crippen LogP contribution in [0.25, 0.3) is 5.52 Å². The molecule has 0 aliphatic carbocycles. The molecule has 2 aromatic rings. The van der Waals surface area contributed by atoms with Gasteiger partial charge in [0, 0.05) is 12.3 Å². The summed E-state index contributed by atoms with van der Waals surface area (Å²) >= 11 is 0. The Morgan fingerprint density at radius 1 is 1.43 bits per heavy atom. The maximum Gasteiger partial charge on any atom is 0.258 e. The first-order valence-electron chi connectivity index (χ1n) is 3.97. The van der Waals surface area contributed by atoms with Crippen molar-refractivity contribution in [2.45, 2.75) is 0 Å². The number of aromatic nitrogens is 1. The highest BCUT2D eigenvalue weighted by atomic mass is 16.3. The highest BCUT2D eigenvalue weighted by Gasteiger charge is 2.07. The third-order valence-corrected chi connectivity index (χ3v) is 1.98. The van der Waals surface area contributed by atoms with Crippen molar-refractivity contribution >= 4 is 5.52 Å². The van der Waals surface area contributed by atoms with Crippen molar-refractivity contribution < 1.29 is 5.11 Å². The van der Waals surface area contributed by atoms with Crippen LogP contribution in [0.5, 0.6) is 5.75 Å². The van der Waals surface area contributed by atoms with Crippen molar-refractivity contribution in [1.29, 1.82) is 5.26 Å². The van der Waals surface area contributed by atoms with Crippen LogP contribution in [0.3, 0.4) is 0 Å². The SMILES string of the molecule is N#Cc1c(O)cc(=O)n2ccccc12. The van der Waals surface area contributed by atoms with Gasteiger partial charge in [0.2, 0.25) is 0 Å². The minimum Gasteiger partial charge on any atom is -0.506 e. The van der Waals surface area contributed by atoms with E-state index in [1.54, 1.807) is 24.4 Å². The Hall–Kier alpha value is -2.28. The molecule has 4 heteroatoms. The van der Waals surface area contributed by atoms with E-state index in [2.05, 4.69) is 0 Å².